The zero-order valence-corrected chi connectivity index (χ0v) is 8.40. The molecule has 1 amide bonds. The smallest absolute Gasteiger partial charge is 0.267 e. The fraction of sp³-hybridized carbons (Fsp3) is 0.400. The molecule has 1 saturated heterocycles. The predicted molar refractivity (Wildman–Crippen MR) is 52.1 cm³/mol. The number of aromatic nitrogens is 1. The molecule has 1 aromatic rings. The summed E-state index contributed by atoms with van der Waals surface area (Å²) < 4.78 is 10.6. The van der Waals surface area contributed by atoms with Crippen LogP contribution in [0.3, 0.4) is 0 Å². The maximum atomic E-state index is 11.0. The molecule has 1 aliphatic heterocycles. The van der Waals surface area contributed by atoms with Gasteiger partial charge in [0.15, 0.2) is 6.29 Å². The van der Waals surface area contributed by atoms with Crippen molar-refractivity contribution in [2.45, 2.75) is 13.2 Å². The molecule has 0 bridgehead atoms. The third kappa shape index (κ3) is 1.98. The lowest BCUT2D eigenvalue weighted by Crippen LogP contribution is -2.15. The van der Waals surface area contributed by atoms with Crippen molar-refractivity contribution in [2.24, 2.45) is 5.73 Å². The molecular weight excluding hydrogens is 196 g/mol. The lowest BCUT2D eigenvalue weighted by molar-refractivity contribution is -0.0444. The number of rotatable bonds is 2. The number of carbonyl (C=O) groups is 1. The van der Waals surface area contributed by atoms with Crippen molar-refractivity contribution in [3.63, 3.8) is 0 Å². The minimum atomic E-state index is -0.521. The van der Waals surface area contributed by atoms with Gasteiger partial charge in [0.25, 0.3) is 5.91 Å². The van der Waals surface area contributed by atoms with E-state index in [0.29, 0.717) is 13.2 Å². The summed E-state index contributed by atoms with van der Waals surface area (Å²) >= 11 is 0. The number of aryl methyl sites for hydroxylation is 1. The van der Waals surface area contributed by atoms with Crippen molar-refractivity contribution in [1.29, 1.82) is 0 Å². The van der Waals surface area contributed by atoms with Gasteiger partial charge < -0.3 is 15.2 Å². The summed E-state index contributed by atoms with van der Waals surface area (Å²) in [6.45, 7) is 2.95. The molecule has 2 N–H and O–H groups in total. The van der Waals surface area contributed by atoms with E-state index in [9.17, 15) is 4.79 Å². The number of nitrogens with two attached hydrogens (primary N) is 1. The fourth-order valence-electron chi connectivity index (χ4n) is 1.53. The second-order valence-corrected chi connectivity index (χ2v) is 3.37. The third-order valence-electron chi connectivity index (χ3n) is 2.23. The molecule has 0 radical (unpaired) electrons. The first-order chi connectivity index (χ1) is 7.18. The fourth-order valence-corrected chi connectivity index (χ4v) is 1.53. The van der Waals surface area contributed by atoms with Crippen molar-refractivity contribution >= 4 is 5.91 Å². The molecular formula is C10H12N2O3. The molecule has 15 heavy (non-hydrogen) atoms. The molecule has 5 heteroatoms. The largest absolute Gasteiger partial charge is 0.364 e. The zero-order chi connectivity index (χ0) is 10.8. The summed E-state index contributed by atoms with van der Waals surface area (Å²) in [5.74, 6) is -0.521. The van der Waals surface area contributed by atoms with Gasteiger partial charge in [0.05, 0.1) is 13.2 Å². The van der Waals surface area contributed by atoms with Crippen LogP contribution >= 0.6 is 0 Å². The normalized spacial score (nSPS) is 16.9. The summed E-state index contributed by atoms with van der Waals surface area (Å²) in [6, 6.07) is 1.81. The first-order valence-corrected chi connectivity index (χ1v) is 4.68. The van der Waals surface area contributed by atoms with E-state index in [1.165, 1.54) is 0 Å². The van der Waals surface area contributed by atoms with E-state index >= 15 is 0 Å². The summed E-state index contributed by atoms with van der Waals surface area (Å²) in [5.41, 5.74) is 6.99. The molecule has 0 saturated carbocycles. The quantitative estimate of drug-likeness (QED) is 0.769. The Labute approximate surface area is 87.2 Å². The van der Waals surface area contributed by atoms with E-state index in [2.05, 4.69) is 4.98 Å². The summed E-state index contributed by atoms with van der Waals surface area (Å²) in [5, 5.41) is 0. The van der Waals surface area contributed by atoms with Crippen molar-refractivity contribution in [2.75, 3.05) is 13.2 Å². The van der Waals surface area contributed by atoms with Crippen LogP contribution in [0.4, 0.5) is 0 Å². The topological polar surface area (TPSA) is 74.4 Å². The second-order valence-electron chi connectivity index (χ2n) is 3.37. The van der Waals surface area contributed by atoms with Crippen LogP contribution < -0.4 is 5.73 Å². The summed E-state index contributed by atoms with van der Waals surface area (Å²) in [4.78, 5) is 14.9. The Bertz CT molecular complexity index is 386. The van der Waals surface area contributed by atoms with Crippen molar-refractivity contribution in [3.8, 4) is 0 Å². The highest BCUT2D eigenvalue weighted by atomic mass is 16.7. The Kier molecular flexibility index (Phi) is 2.66. The van der Waals surface area contributed by atoms with E-state index in [1.54, 1.807) is 13.1 Å². The highest BCUT2D eigenvalue weighted by molar-refractivity contribution is 5.92. The molecule has 0 aromatic carbocycles. The minimum Gasteiger partial charge on any atom is -0.364 e. The highest BCUT2D eigenvalue weighted by Gasteiger charge is 2.19. The molecule has 0 unspecified atom stereocenters. The number of hydrogen-bond donors (Lipinski definition) is 1. The van der Waals surface area contributed by atoms with Crippen LogP contribution in [0.15, 0.2) is 12.3 Å². The van der Waals surface area contributed by atoms with E-state index in [0.717, 1.165) is 11.1 Å². The molecule has 1 fully saturated rings. The number of ether oxygens (including phenoxy) is 2. The number of carbonyl (C=O) groups excluding carboxylic acids is 1. The lowest BCUT2D eigenvalue weighted by Gasteiger charge is -2.10. The van der Waals surface area contributed by atoms with E-state index in [1.807, 2.05) is 6.07 Å². The van der Waals surface area contributed by atoms with Gasteiger partial charge in [0.1, 0.15) is 5.69 Å². The van der Waals surface area contributed by atoms with E-state index in [-0.39, 0.29) is 12.0 Å². The Morgan fingerprint density at radius 1 is 1.53 bits per heavy atom. The van der Waals surface area contributed by atoms with Gasteiger partial charge in [-0.3, -0.25) is 9.78 Å². The maximum Gasteiger partial charge on any atom is 0.267 e. The average Bonchev–Trinajstić information content (AvgIpc) is 2.69. The number of amides is 1. The monoisotopic (exact) mass is 208 g/mol. The Hall–Kier alpha value is -1.46. The van der Waals surface area contributed by atoms with Gasteiger partial charge in [-0.25, -0.2) is 0 Å². The molecule has 2 heterocycles. The molecule has 1 aromatic heterocycles. The Balaban J connectivity index is 2.28. The van der Waals surface area contributed by atoms with Crippen LogP contribution in [0.25, 0.3) is 0 Å². The second kappa shape index (κ2) is 3.96. The van der Waals surface area contributed by atoms with Gasteiger partial charge in [0.2, 0.25) is 0 Å². The molecule has 0 aliphatic carbocycles. The molecule has 0 spiro atoms. The summed E-state index contributed by atoms with van der Waals surface area (Å²) in [7, 11) is 0. The zero-order valence-electron chi connectivity index (χ0n) is 8.40. The molecule has 0 atom stereocenters. The molecule has 1 aliphatic rings. The number of primary amides is 1. The standard InChI is InChI=1S/C10H12N2O3/c1-6-4-7(10-14-2-3-15-10)5-12-8(6)9(11)13/h4-5,10H,2-3H2,1H3,(H2,11,13). The molecule has 2 rings (SSSR count). The highest BCUT2D eigenvalue weighted by Crippen LogP contribution is 2.23. The minimum absolute atomic E-state index is 0.289. The summed E-state index contributed by atoms with van der Waals surface area (Å²) in [6.07, 6.45) is 1.20. The molecule has 5 nitrogen and oxygen atoms in total. The Morgan fingerprint density at radius 2 is 2.20 bits per heavy atom. The average molecular weight is 208 g/mol. The van der Waals surface area contributed by atoms with Crippen LogP contribution in [0, 0.1) is 6.92 Å². The van der Waals surface area contributed by atoms with Gasteiger partial charge in [-0.05, 0) is 18.6 Å². The van der Waals surface area contributed by atoms with Crippen molar-refractivity contribution in [1.82, 2.24) is 4.98 Å². The van der Waals surface area contributed by atoms with Gasteiger partial charge in [-0.2, -0.15) is 0 Å². The first kappa shape index (κ1) is 10.1. The number of hydrogen-bond acceptors (Lipinski definition) is 4. The van der Waals surface area contributed by atoms with Gasteiger partial charge in [0, 0.05) is 11.8 Å². The van der Waals surface area contributed by atoms with Crippen molar-refractivity contribution in [3.05, 3.63) is 29.1 Å². The lowest BCUT2D eigenvalue weighted by atomic mass is 10.1. The first-order valence-electron chi connectivity index (χ1n) is 4.68. The number of nitrogens with zero attached hydrogens (tertiary/aromatic N) is 1. The SMILES string of the molecule is Cc1cc(C2OCCO2)cnc1C(N)=O. The van der Waals surface area contributed by atoms with Crippen LogP contribution in [-0.2, 0) is 9.47 Å². The van der Waals surface area contributed by atoms with E-state index in [4.69, 9.17) is 15.2 Å². The third-order valence-corrected chi connectivity index (χ3v) is 2.23. The van der Waals surface area contributed by atoms with Crippen LogP contribution in [-0.4, -0.2) is 24.1 Å². The number of pyridine rings is 1. The maximum absolute atomic E-state index is 11.0. The van der Waals surface area contributed by atoms with Gasteiger partial charge >= 0.3 is 0 Å². The van der Waals surface area contributed by atoms with Crippen molar-refractivity contribution < 1.29 is 14.3 Å². The van der Waals surface area contributed by atoms with Gasteiger partial charge in [-0.15, -0.1) is 0 Å². The van der Waals surface area contributed by atoms with Gasteiger partial charge in [-0.1, -0.05) is 0 Å². The van der Waals surface area contributed by atoms with Crippen LogP contribution in [0.5, 0.6) is 0 Å². The Morgan fingerprint density at radius 3 is 2.73 bits per heavy atom. The van der Waals surface area contributed by atoms with Crippen LogP contribution in [0.2, 0.25) is 0 Å². The molecule has 80 valence electrons. The predicted octanol–water partition coefficient (Wildman–Crippen LogP) is 0.534. The van der Waals surface area contributed by atoms with Crippen LogP contribution in [0.1, 0.15) is 27.9 Å². The van der Waals surface area contributed by atoms with E-state index < -0.39 is 5.91 Å².